The van der Waals surface area contributed by atoms with E-state index in [4.69, 9.17) is 11.6 Å². The maximum atomic E-state index is 13.6. The van der Waals surface area contributed by atoms with Gasteiger partial charge >= 0.3 is 6.18 Å². The maximum Gasteiger partial charge on any atom is 0.451 e. The molecule has 0 saturated heterocycles. The Balaban J connectivity index is 2.28. The first-order valence-corrected chi connectivity index (χ1v) is 12.2. The van der Waals surface area contributed by atoms with Gasteiger partial charge in [0.25, 0.3) is 10.0 Å². The van der Waals surface area contributed by atoms with Gasteiger partial charge in [0.2, 0.25) is 5.82 Å². The van der Waals surface area contributed by atoms with Gasteiger partial charge in [0.1, 0.15) is 0 Å². The molecule has 0 aliphatic heterocycles. The third-order valence-electron chi connectivity index (χ3n) is 4.98. The Hall–Kier alpha value is -2.59. The van der Waals surface area contributed by atoms with Crippen LogP contribution in [0.25, 0.3) is 11.4 Å². The fourth-order valence-corrected chi connectivity index (χ4v) is 5.17. The number of nitrogens with zero attached hydrogens (tertiary/aromatic N) is 4. The largest absolute Gasteiger partial charge is 0.451 e. The molecule has 6 nitrogen and oxygen atoms in total. The highest BCUT2D eigenvalue weighted by molar-refractivity contribution is 7.92. The molecular weight excluding hydrogens is 477 g/mol. The summed E-state index contributed by atoms with van der Waals surface area (Å²) in [4.78, 5) is 0.0725. The van der Waals surface area contributed by atoms with E-state index in [0.717, 1.165) is 4.57 Å². The van der Waals surface area contributed by atoms with E-state index >= 15 is 0 Å². The predicted molar refractivity (Wildman–Crippen MR) is 122 cm³/mol. The molecule has 3 aromatic rings. The number of rotatable bonds is 8. The Labute approximate surface area is 196 Å². The van der Waals surface area contributed by atoms with Crippen LogP contribution in [0.4, 0.5) is 18.9 Å². The van der Waals surface area contributed by atoms with E-state index in [1.165, 1.54) is 34.6 Å². The van der Waals surface area contributed by atoms with Gasteiger partial charge in [0.05, 0.1) is 10.6 Å². The lowest BCUT2D eigenvalue weighted by atomic mass is 10.1. The van der Waals surface area contributed by atoms with E-state index < -0.39 is 28.1 Å². The lowest BCUT2D eigenvalue weighted by Crippen LogP contribution is -2.32. The second-order valence-corrected chi connectivity index (χ2v) is 10.0. The van der Waals surface area contributed by atoms with Gasteiger partial charge in [0.15, 0.2) is 5.82 Å². The molecule has 2 aromatic carbocycles. The maximum absolute atomic E-state index is 13.6. The highest BCUT2D eigenvalue weighted by Gasteiger charge is 2.40. The van der Waals surface area contributed by atoms with Gasteiger partial charge in [-0.1, -0.05) is 43.1 Å². The number of hydrogen-bond acceptors (Lipinski definition) is 4. The first kappa shape index (κ1) is 25.0. The number of halogens is 4. The second kappa shape index (κ2) is 9.72. The van der Waals surface area contributed by atoms with Gasteiger partial charge in [-0.2, -0.15) is 13.2 Å². The van der Waals surface area contributed by atoms with Gasteiger partial charge in [-0.3, -0.25) is 4.31 Å². The minimum Gasteiger partial charge on any atom is -0.301 e. The van der Waals surface area contributed by atoms with Crippen molar-refractivity contribution in [3.8, 4) is 11.4 Å². The molecule has 0 saturated carbocycles. The minimum absolute atomic E-state index is 0.0725. The molecule has 0 unspecified atom stereocenters. The van der Waals surface area contributed by atoms with Crippen molar-refractivity contribution in [1.29, 1.82) is 0 Å². The van der Waals surface area contributed by atoms with E-state index in [-0.39, 0.29) is 33.5 Å². The molecule has 0 aliphatic rings. The van der Waals surface area contributed by atoms with Crippen LogP contribution in [0.1, 0.15) is 45.5 Å². The summed E-state index contributed by atoms with van der Waals surface area (Å²) in [6, 6.07) is 11.6. The molecule has 178 valence electrons. The van der Waals surface area contributed by atoms with Crippen LogP contribution >= 0.6 is 11.6 Å². The van der Waals surface area contributed by atoms with E-state index in [0.29, 0.717) is 12.8 Å². The van der Waals surface area contributed by atoms with E-state index in [2.05, 4.69) is 10.2 Å². The molecule has 0 N–H and O–H groups in total. The van der Waals surface area contributed by atoms with Crippen LogP contribution in [-0.2, 0) is 16.2 Å². The average Bonchev–Trinajstić information content (AvgIpc) is 3.21. The number of alkyl halides is 3. The zero-order valence-electron chi connectivity index (χ0n) is 18.3. The second-order valence-electron chi connectivity index (χ2n) is 7.71. The van der Waals surface area contributed by atoms with Crippen molar-refractivity contribution >= 4 is 27.3 Å². The van der Waals surface area contributed by atoms with Crippen molar-refractivity contribution in [2.45, 2.75) is 50.7 Å². The summed E-state index contributed by atoms with van der Waals surface area (Å²) in [5, 5.41) is 7.41. The van der Waals surface area contributed by atoms with Crippen LogP contribution < -0.4 is 4.31 Å². The minimum atomic E-state index is -4.73. The van der Waals surface area contributed by atoms with E-state index in [9.17, 15) is 21.6 Å². The molecule has 1 heterocycles. The third-order valence-corrected chi connectivity index (χ3v) is 7.04. The van der Waals surface area contributed by atoms with Crippen LogP contribution in [0, 0.1) is 0 Å². The lowest BCUT2D eigenvalue weighted by Gasteiger charge is -2.27. The molecule has 0 radical (unpaired) electrons. The van der Waals surface area contributed by atoms with Crippen LogP contribution in [-0.4, -0.2) is 29.7 Å². The zero-order valence-corrected chi connectivity index (χ0v) is 19.9. The predicted octanol–water partition coefficient (Wildman–Crippen LogP) is 6.19. The topological polar surface area (TPSA) is 68.1 Å². The number of unbranched alkanes of at least 4 members (excludes halogenated alkanes) is 1. The van der Waals surface area contributed by atoms with Gasteiger partial charge in [0, 0.05) is 23.2 Å². The van der Waals surface area contributed by atoms with Crippen molar-refractivity contribution < 1.29 is 21.6 Å². The fraction of sp³-hybridized carbons (Fsp3) is 0.364. The van der Waals surface area contributed by atoms with Gasteiger partial charge < -0.3 is 4.57 Å². The summed E-state index contributed by atoms with van der Waals surface area (Å²) in [6.07, 6.45) is -3.48. The Bertz CT molecular complexity index is 1210. The zero-order chi connectivity index (χ0) is 24.4. The Morgan fingerprint density at radius 3 is 2.33 bits per heavy atom. The molecule has 0 spiro atoms. The van der Waals surface area contributed by atoms with E-state index in [1.54, 1.807) is 32.0 Å². The van der Waals surface area contributed by atoms with Gasteiger partial charge in [-0.05, 0) is 50.6 Å². The standard InChI is InChI=1S/C22H24ClF3N4O2S/c1-4-5-13-29(33(31,32)17-9-7-6-8-10-17)19-12-11-16(23)14-18(19)20-27-28-21(22(24,25)26)30(20)15(2)3/h6-12,14-15H,4-5,13H2,1-3H3. The monoisotopic (exact) mass is 500 g/mol. The molecule has 0 amide bonds. The number of aromatic nitrogens is 3. The Kier molecular flexibility index (Phi) is 7.38. The highest BCUT2D eigenvalue weighted by Crippen LogP contribution is 2.39. The van der Waals surface area contributed by atoms with Crippen LogP contribution in [0.15, 0.2) is 53.4 Å². The summed E-state index contributed by atoms with van der Waals surface area (Å²) in [5.74, 6) is -1.27. The van der Waals surface area contributed by atoms with Crippen LogP contribution in [0.5, 0.6) is 0 Å². The van der Waals surface area contributed by atoms with E-state index in [1.807, 2.05) is 6.92 Å². The molecule has 3 rings (SSSR count). The summed E-state index contributed by atoms with van der Waals surface area (Å²) in [5.41, 5.74) is 0.328. The fourth-order valence-electron chi connectivity index (χ4n) is 3.45. The third kappa shape index (κ3) is 5.16. The summed E-state index contributed by atoms with van der Waals surface area (Å²) in [7, 11) is -4.01. The van der Waals surface area contributed by atoms with Gasteiger partial charge in [-0.25, -0.2) is 8.42 Å². The molecule has 11 heteroatoms. The highest BCUT2D eigenvalue weighted by atomic mass is 35.5. The number of sulfonamides is 1. The Morgan fingerprint density at radius 2 is 1.76 bits per heavy atom. The summed E-state index contributed by atoms with van der Waals surface area (Å²) < 4.78 is 70.1. The molecular formula is C22H24ClF3N4O2S. The van der Waals surface area contributed by atoms with Crippen LogP contribution in [0.3, 0.4) is 0 Å². The van der Waals surface area contributed by atoms with Crippen molar-refractivity contribution in [2.24, 2.45) is 0 Å². The van der Waals surface area contributed by atoms with Crippen molar-refractivity contribution in [3.05, 3.63) is 59.4 Å². The average molecular weight is 501 g/mol. The van der Waals surface area contributed by atoms with Crippen molar-refractivity contribution in [3.63, 3.8) is 0 Å². The quantitative estimate of drug-likeness (QED) is 0.369. The van der Waals surface area contributed by atoms with Gasteiger partial charge in [-0.15, -0.1) is 10.2 Å². The lowest BCUT2D eigenvalue weighted by molar-refractivity contribution is -0.147. The summed E-state index contributed by atoms with van der Waals surface area (Å²) >= 11 is 6.19. The molecule has 1 aromatic heterocycles. The number of benzene rings is 2. The van der Waals surface area contributed by atoms with Crippen LogP contribution in [0.2, 0.25) is 5.02 Å². The smallest absolute Gasteiger partial charge is 0.301 e. The molecule has 33 heavy (non-hydrogen) atoms. The first-order chi connectivity index (χ1) is 15.5. The number of hydrogen-bond donors (Lipinski definition) is 0. The van der Waals surface area contributed by atoms with Crippen molar-refractivity contribution in [2.75, 3.05) is 10.8 Å². The molecule has 0 aliphatic carbocycles. The molecule has 0 bridgehead atoms. The molecule has 0 fully saturated rings. The Morgan fingerprint density at radius 1 is 1.09 bits per heavy atom. The number of anilines is 1. The summed E-state index contributed by atoms with van der Waals surface area (Å²) in [6.45, 7) is 5.19. The SMILES string of the molecule is CCCCN(c1ccc(Cl)cc1-c1nnc(C(F)(F)F)n1C(C)C)S(=O)(=O)c1ccccc1. The normalized spacial score (nSPS) is 12.4. The van der Waals surface area contributed by atoms with Crippen molar-refractivity contribution in [1.82, 2.24) is 14.8 Å². The first-order valence-electron chi connectivity index (χ1n) is 10.4. The molecule has 0 atom stereocenters.